The number of nitrogens with one attached hydrogen (secondary N) is 1. The topological polar surface area (TPSA) is 84.9 Å². The molecule has 0 bridgehead atoms. The minimum Gasteiger partial charge on any atom is -0.481 e. The molecular weight excluding hydrogens is 346 g/mol. The van der Waals surface area contributed by atoms with Crippen molar-refractivity contribution in [2.45, 2.75) is 38.9 Å². The number of methoxy groups -OCH3 is 1. The summed E-state index contributed by atoms with van der Waals surface area (Å²) in [5.41, 5.74) is 1.31. The molecule has 0 aliphatic rings. The van der Waals surface area contributed by atoms with Gasteiger partial charge >= 0.3 is 5.97 Å². The molecule has 0 saturated carbocycles. The third-order valence-electron chi connectivity index (χ3n) is 4.09. The van der Waals surface area contributed by atoms with E-state index in [1.807, 2.05) is 31.2 Å². The zero-order valence-corrected chi connectivity index (χ0v) is 16.0. The van der Waals surface area contributed by atoms with Gasteiger partial charge in [-0.2, -0.15) is 0 Å². The van der Waals surface area contributed by atoms with E-state index in [0.29, 0.717) is 11.4 Å². The predicted molar refractivity (Wildman–Crippen MR) is 103 cm³/mol. The van der Waals surface area contributed by atoms with Gasteiger partial charge in [0, 0.05) is 12.8 Å². The zero-order chi connectivity index (χ0) is 20.0. The van der Waals surface area contributed by atoms with Gasteiger partial charge in [-0.1, -0.05) is 24.3 Å². The van der Waals surface area contributed by atoms with Crippen molar-refractivity contribution in [3.63, 3.8) is 0 Å². The fraction of sp³-hybridized carbons (Fsp3) is 0.333. The van der Waals surface area contributed by atoms with E-state index in [4.69, 9.17) is 14.6 Å². The molecule has 27 heavy (non-hydrogen) atoms. The molecule has 2 aromatic carbocycles. The summed E-state index contributed by atoms with van der Waals surface area (Å²) in [7, 11) is 1.47. The second kappa shape index (κ2) is 8.68. The minimum absolute atomic E-state index is 0.125. The summed E-state index contributed by atoms with van der Waals surface area (Å²) >= 11 is 0. The molecule has 0 spiro atoms. The minimum atomic E-state index is -1.06. The number of carboxylic acids is 1. The molecule has 1 atom stereocenters. The first kappa shape index (κ1) is 20.5. The normalized spacial score (nSPS) is 12.3. The van der Waals surface area contributed by atoms with Crippen LogP contribution in [0, 0.1) is 6.92 Å². The van der Waals surface area contributed by atoms with Gasteiger partial charge in [-0.3, -0.25) is 9.59 Å². The lowest BCUT2D eigenvalue weighted by Gasteiger charge is -2.25. The van der Waals surface area contributed by atoms with Crippen LogP contribution in [0.4, 0.5) is 5.69 Å². The van der Waals surface area contributed by atoms with E-state index < -0.39 is 17.7 Å². The number of aryl methyl sites for hydroxylation is 1. The van der Waals surface area contributed by atoms with Crippen LogP contribution in [0.15, 0.2) is 48.5 Å². The molecule has 0 fully saturated rings. The number of rotatable bonds is 8. The van der Waals surface area contributed by atoms with Crippen molar-refractivity contribution in [3.05, 3.63) is 59.7 Å². The van der Waals surface area contributed by atoms with Crippen molar-refractivity contribution >= 4 is 17.6 Å². The van der Waals surface area contributed by atoms with E-state index >= 15 is 0 Å². The van der Waals surface area contributed by atoms with Crippen molar-refractivity contribution in [3.8, 4) is 5.75 Å². The Morgan fingerprint density at radius 1 is 1.15 bits per heavy atom. The fourth-order valence-electron chi connectivity index (χ4n) is 2.58. The quantitative estimate of drug-likeness (QED) is 0.734. The van der Waals surface area contributed by atoms with Crippen LogP contribution in [0.1, 0.15) is 37.5 Å². The average molecular weight is 371 g/mol. The van der Waals surface area contributed by atoms with Crippen molar-refractivity contribution in [1.82, 2.24) is 0 Å². The van der Waals surface area contributed by atoms with Crippen LogP contribution in [-0.4, -0.2) is 29.7 Å². The summed E-state index contributed by atoms with van der Waals surface area (Å²) in [6, 6.07) is 14.4. The van der Waals surface area contributed by atoms with Gasteiger partial charge in [-0.05, 0) is 56.2 Å². The van der Waals surface area contributed by atoms with Crippen molar-refractivity contribution in [2.75, 3.05) is 12.4 Å². The number of amides is 1. The SMILES string of the molecule is COC(CC(=O)O)c1ccc(NC(=O)C(C)(C)Oc2cccc(C)c2)cc1. The summed E-state index contributed by atoms with van der Waals surface area (Å²) in [6.45, 7) is 5.36. The molecule has 2 rings (SSSR count). The van der Waals surface area contributed by atoms with E-state index in [2.05, 4.69) is 5.32 Å². The molecule has 0 heterocycles. The standard InChI is InChI=1S/C21H25NO5/c1-14-6-5-7-17(12-14)27-21(2,3)20(25)22-16-10-8-15(9-11-16)18(26-4)13-19(23)24/h5-12,18H,13H2,1-4H3,(H,22,25)(H,23,24). The molecule has 0 radical (unpaired) electrons. The number of hydrogen-bond acceptors (Lipinski definition) is 4. The van der Waals surface area contributed by atoms with E-state index in [9.17, 15) is 9.59 Å². The lowest BCUT2D eigenvalue weighted by Crippen LogP contribution is -2.42. The largest absolute Gasteiger partial charge is 0.481 e. The number of anilines is 1. The monoisotopic (exact) mass is 371 g/mol. The van der Waals surface area contributed by atoms with Gasteiger partial charge in [0.25, 0.3) is 5.91 Å². The van der Waals surface area contributed by atoms with Crippen molar-refractivity contribution < 1.29 is 24.2 Å². The zero-order valence-electron chi connectivity index (χ0n) is 16.0. The van der Waals surface area contributed by atoms with E-state index in [1.54, 1.807) is 38.1 Å². The van der Waals surface area contributed by atoms with Crippen molar-refractivity contribution in [1.29, 1.82) is 0 Å². The summed E-state index contributed by atoms with van der Waals surface area (Å²) < 4.78 is 11.1. The van der Waals surface area contributed by atoms with Crippen LogP contribution in [0.2, 0.25) is 0 Å². The third-order valence-corrected chi connectivity index (χ3v) is 4.09. The molecule has 0 aromatic heterocycles. The number of hydrogen-bond donors (Lipinski definition) is 2. The van der Waals surface area contributed by atoms with Crippen LogP contribution in [0.5, 0.6) is 5.75 Å². The van der Waals surface area contributed by atoms with Gasteiger partial charge in [0.05, 0.1) is 12.5 Å². The number of carbonyl (C=O) groups excluding carboxylic acids is 1. The Morgan fingerprint density at radius 2 is 1.81 bits per heavy atom. The van der Waals surface area contributed by atoms with Gasteiger partial charge in [-0.25, -0.2) is 0 Å². The average Bonchev–Trinajstić information content (AvgIpc) is 2.60. The van der Waals surface area contributed by atoms with Gasteiger partial charge < -0.3 is 19.9 Å². The van der Waals surface area contributed by atoms with Gasteiger partial charge in [0.2, 0.25) is 0 Å². The summed E-state index contributed by atoms with van der Waals surface area (Å²) in [6.07, 6.45) is -0.659. The number of benzene rings is 2. The van der Waals surface area contributed by atoms with E-state index in [-0.39, 0.29) is 12.3 Å². The Kier molecular flexibility index (Phi) is 6.58. The summed E-state index contributed by atoms with van der Waals surface area (Å²) in [5.74, 6) is -0.595. The molecule has 6 nitrogen and oxygen atoms in total. The number of ether oxygens (including phenoxy) is 2. The second-order valence-corrected chi connectivity index (χ2v) is 6.83. The maximum absolute atomic E-state index is 12.6. The second-order valence-electron chi connectivity index (χ2n) is 6.83. The summed E-state index contributed by atoms with van der Waals surface area (Å²) in [4.78, 5) is 23.5. The Bertz CT molecular complexity index is 798. The first-order chi connectivity index (χ1) is 12.7. The number of aliphatic carboxylic acids is 1. The lowest BCUT2D eigenvalue weighted by atomic mass is 10.1. The van der Waals surface area contributed by atoms with Crippen LogP contribution < -0.4 is 10.1 Å². The van der Waals surface area contributed by atoms with Crippen molar-refractivity contribution in [2.24, 2.45) is 0 Å². The number of carboxylic acid groups (broad SMARTS) is 1. The highest BCUT2D eigenvalue weighted by atomic mass is 16.5. The third kappa shape index (κ3) is 5.82. The first-order valence-corrected chi connectivity index (χ1v) is 8.63. The molecule has 0 aliphatic carbocycles. The van der Waals surface area contributed by atoms with Crippen LogP contribution in [-0.2, 0) is 14.3 Å². The van der Waals surface area contributed by atoms with Crippen LogP contribution in [0.25, 0.3) is 0 Å². The molecule has 144 valence electrons. The summed E-state index contributed by atoms with van der Waals surface area (Å²) in [5, 5.41) is 11.7. The van der Waals surface area contributed by atoms with Gasteiger partial charge in [-0.15, -0.1) is 0 Å². The smallest absolute Gasteiger partial charge is 0.306 e. The Labute approximate surface area is 159 Å². The molecule has 0 aliphatic heterocycles. The van der Waals surface area contributed by atoms with Gasteiger partial charge in [0.15, 0.2) is 5.60 Å². The molecule has 1 amide bonds. The lowest BCUT2D eigenvalue weighted by molar-refractivity contribution is -0.139. The van der Waals surface area contributed by atoms with Crippen LogP contribution >= 0.6 is 0 Å². The molecule has 2 N–H and O–H groups in total. The first-order valence-electron chi connectivity index (χ1n) is 8.63. The Morgan fingerprint density at radius 3 is 2.37 bits per heavy atom. The maximum Gasteiger partial charge on any atom is 0.306 e. The highest BCUT2D eigenvalue weighted by Gasteiger charge is 2.30. The van der Waals surface area contributed by atoms with Gasteiger partial charge in [0.1, 0.15) is 5.75 Å². The predicted octanol–water partition coefficient (Wildman–Crippen LogP) is 3.95. The molecular formula is C21H25NO5. The number of carbonyl (C=O) groups is 2. The molecule has 1 unspecified atom stereocenters. The Balaban J connectivity index is 2.04. The molecule has 2 aromatic rings. The van der Waals surface area contributed by atoms with Crippen LogP contribution in [0.3, 0.4) is 0 Å². The van der Waals surface area contributed by atoms with E-state index in [1.165, 1.54) is 7.11 Å². The highest BCUT2D eigenvalue weighted by Crippen LogP contribution is 2.24. The Hall–Kier alpha value is -2.86. The highest BCUT2D eigenvalue weighted by molar-refractivity contribution is 5.97. The molecule has 6 heteroatoms. The maximum atomic E-state index is 12.6. The van der Waals surface area contributed by atoms with E-state index in [0.717, 1.165) is 11.1 Å². The molecule has 0 saturated heterocycles. The fourth-order valence-corrected chi connectivity index (χ4v) is 2.58.